The van der Waals surface area contributed by atoms with Gasteiger partial charge in [-0.15, -0.1) is 35.2 Å². The zero-order valence-corrected chi connectivity index (χ0v) is 32.2. The monoisotopic (exact) mass is 801 g/mol. The van der Waals surface area contributed by atoms with E-state index >= 15 is 0 Å². The molecule has 47 heavy (non-hydrogen) atoms. The second-order valence-electron chi connectivity index (χ2n) is 14.8. The summed E-state index contributed by atoms with van der Waals surface area (Å²) in [7, 11) is 0. The van der Waals surface area contributed by atoms with E-state index in [1.807, 2.05) is 20.8 Å². The van der Waals surface area contributed by atoms with Gasteiger partial charge in [-0.25, -0.2) is 0 Å². The number of benzene rings is 4. The van der Waals surface area contributed by atoms with Crippen molar-refractivity contribution in [2.75, 3.05) is 0 Å². The molecule has 0 saturated carbocycles. The maximum atomic E-state index is 10.5. The van der Waals surface area contributed by atoms with Gasteiger partial charge in [0.15, 0.2) is 5.78 Å². The molecule has 0 spiro atoms. The smallest absolute Gasteiger partial charge is 0.151 e. The fraction of sp³-hybridized carbons (Fsp3) is 0.349. The van der Waals surface area contributed by atoms with Crippen molar-refractivity contribution >= 4 is 27.5 Å². The van der Waals surface area contributed by atoms with Crippen LogP contribution in [0.5, 0.6) is 0 Å². The summed E-state index contributed by atoms with van der Waals surface area (Å²) in [6.07, 6.45) is 1.54. The van der Waals surface area contributed by atoms with Gasteiger partial charge in [-0.3, -0.25) is 9.78 Å². The van der Waals surface area contributed by atoms with Gasteiger partial charge in [-0.2, -0.15) is 5.70 Å². The summed E-state index contributed by atoms with van der Waals surface area (Å²) in [6, 6.07) is 30.8. The molecule has 1 aromatic heterocycles. The van der Waals surface area contributed by atoms with Crippen LogP contribution >= 0.6 is 0 Å². The van der Waals surface area contributed by atoms with Crippen molar-refractivity contribution in [1.29, 1.82) is 0 Å². The second-order valence-corrected chi connectivity index (χ2v) is 14.8. The molecule has 247 valence electrons. The molecular formula is C43H48IrN2O-2. The van der Waals surface area contributed by atoms with Gasteiger partial charge in [0.05, 0.1) is 5.52 Å². The predicted octanol–water partition coefficient (Wildman–Crippen LogP) is 11.8. The Hall–Kier alpha value is -3.59. The number of ketones is 1. The predicted molar refractivity (Wildman–Crippen MR) is 197 cm³/mol. The third-order valence-corrected chi connectivity index (χ3v) is 8.88. The van der Waals surface area contributed by atoms with Crippen LogP contribution in [0, 0.1) is 6.07 Å². The Balaban J connectivity index is 0.000000397. The Bertz CT molecular complexity index is 1970. The molecule has 4 aromatic carbocycles. The van der Waals surface area contributed by atoms with Gasteiger partial charge in [0, 0.05) is 36.6 Å². The molecule has 4 heteroatoms. The van der Waals surface area contributed by atoms with E-state index in [-0.39, 0.29) is 42.8 Å². The van der Waals surface area contributed by atoms with Crippen LogP contribution in [0.3, 0.4) is 0 Å². The van der Waals surface area contributed by atoms with Crippen molar-refractivity contribution in [3.8, 4) is 22.4 Å². The third kappa shape index (κ3) is 7.30. The van der Waals surface area contributed by atoms with Crippen LogP contribution in [-0.2, 0) is 35.7 Å². The van der Waals surface area contributed by atoms with E-state index in [0.717, 1.165) is 27.9 Å². The Morgan fingerprint density at radius 2 is 1.53 bits per heavy atom. The first kappa shape index (κ1) is 36.2. The molecule has 1 aliphatic carbocycles. The Morgan fingerprint density at radius 3 is 2.15 bits per heavy atom. The molecule has 1 radical (unpaired) electrons. The minimum absolute atomic E-state index is 0. The van der Waals surface area contributed by atoms with Gasteiger partial charge in [-0.05, 0) is 58.2 Å². The van der Waals surface area contributed by atoms with Gasteiger partial charge >= 0.3 is 0 Å². The Kier molecular flexibility index (Phi) is 10.7. The van der Waals surface area contributed by atoms with Crippen molar-refractivity contribution < 1.29 is 24.9 Å². The van der Waals surface area contributed by atoms with E-state index in [2.05, 4.69) is 133 Å². The fourth-order valence-electron chi connectivity index (χ4n) is 6.84. The molecule has 0 atom stereocenters. The van der Waals surface area contributed by atoms with Crippen molar-refractivity contribution in [3.63, 3.8) is 0 Å². The molecule has 0 fully saturated rings. The Labute approximate surface area is 295 Å². The van der Waals surface area contributed by atoms with E-state index in [1.165, 1.54) is 51.1 Å². The molecule has 0 aliphatic heterocycles. The number of allylic oxidation sites excluding steroid dienone is 2. The van der Waals surface area contributed by atoms with E-state index in [4.69, 9.17) is 4.98 Å². The average molecular weight is 801 g/mol. The fourth-order valence-corrected chi connectivity index (χ4v) is 6.84. The minimum Gasteiger partial charge on any atom is -0.686 e. The number of pyridine rings is 1. The van der Waals surface area contributed by atoms with Gasteiger partial charge in [0.2, 0.25) is 0 Å². The summed E-state index contributed by atoms with van der Waals surface area (Å²) in [5.74, 6) is 0.529. The van der Waals surface area contributed by atoms with Crippen molar-refractivity contribution in [2.24, 2.45) is 0 Å². The van der Waals surface area contributed by atoms with Crippen LogP contribution in [0.25, 0.3) is 49.4 Å². The number of nitrogens with zero attached hydrogens (tertiary/aromatic N) is 2. The van der Waals surface area contributed by atoms with Crippen LogP contribution in [0.1, 0.15) is 104 Å². The number of rotatable bonds is 5. The standard InChI is InChI=1S/C35H34N.C8H15NO.Ir/c1-21(2)22-16-17-28-27(19-22)31-32(35(28,6)7)26-14-10-11-15-30(26)36-33(31)24-18-23-12-8-9-13-25(23)29(20-24)34(3,4)5;1-6(2)9-7(3)5-8(4)10;/h8-17,19-21H,1-7H3;5-6H,1-4H3,(H,9,10);/q-1;;/p-1. The van der Waals surface area contributed by atoms with Gasteiger partial charge in [0.25, 0.3) is 0 Å². The average Bonchev–Trinajstić information content (AvgIpc) is 3.21. The molecule has 5 aromatic rings. The van der Waals surface area contributed by atoms with Crippen LogP contribution < -0.4 is 0 Å². The molecular weight excluding hydrogens is 753 g/mol. The van der Waals surface area contributed by atoms with Crippen LogP contribution in [0.2, 0.25) is 0 Å². The van der Waals surface area contributed by atoms with Crippen molar-refractivity contribution in [2.45, 2.75) is 99.0 Å². The molecule has 0 saturated heterocycles. The molecule has 3 nitrogen and oxygen atoms in total. The minimum atomic E-state index is -0.110. The molecule has 0 N–H and O–H groups in total. The molecule has 1 aliphatic rings. The van der Waals surface area contributed by atoms with Gasteiger partial charge < -0.3 is 5.32 Å². The van der Waals surface area contributed by atoms with Crippen LogP contribution in [-0.4, -0.2) is 16.8 Å². The molecule has 0 unspecified atom stereocenters. The first-order valence-electron chi connectivity index (χ1n) is 16.5. The van der Waals surface area contributed by atoms with Crippen LogP contribution in [0.15, 0.2) is 84.6 Å². The molecule has 6 rings (SSSR count). The quantitative estimate of drug-likeness (QED) is 0.131. The van der Waals surface area contributed by atoms with E-state index in [9.17, 15) is 4.79 Å². The van der Waals surface area contributed by atoms with E-state index in [1.54, 1.807) is 6.08 Å². The second kappa shape index (κ2) is 13.9. The third-order valence-electron chi connectivity index (χ3n) is 8.88. The summed E-state index contributed by atoms with van der Waals surface area (Å²) in [6.45, 7) is 23.5. The van der Waals surface area contributed by atoms with Gasteiger partial charge in [-0.1, -0.05) is 135 Å². The number of fused-ring (bicyclic) bond motifs is 6. The zero-order chi connectivity index (χ0) is 33.6. The van der Waals surface area contributed by atoms with Crippen molar-refractivity contribution in [3.05, 3.63) is 118 Å². The summed E-state index contributed by atoms with van der Waals surface area (Å²) >= 11 is 0. The van der Waals surface area contributed by atoms with E-state index in [0.29, 0.717) is 5.92 Å². The Morgan fingerprint density at radius 1 is 0.894 bits per heavy atom. The summed E-state index contributed by atoms with van der Waals surface area (Å²) in [5, 5.41) is 7.83. The number of hydrogen-bond acceptors (Lipinski definition) is 2. The largest absolute Gasteiger partial charge is 0.686 e. The number of aromatic nitrogens is 1. The van der Waals surface area contributed by atoms with Crippen molar-refractivity contribution in [1.82, 2.24) is 4.98 Å². The summed E-state index contributed by atoms with van der Waals surface area (Å²) in [5.41, 5.74) is 12.0. The molecule has 0 bridgehead atoms. The van der Waals surface area contributed by atoms with Crippen LogP contribution in [0.4, 0.5) is 0 Å². The number of carbonyl (C=O) groups excluding carboxylic acids is 1. The normalized spacial score (nSPS) is 13.6. The zero-order valence-electron chi connectivity index (χ0n) is 29.8. The topological polar surface area (TPSA) is 44.1 Å². The SMILES string of the molecule is CC(=O)/C=C(/C)[N-]C(C)C.CC(C)c1ccc2c(c1)-c1c(-c3[c-]c4ccccc4c(C(C)(C)C)c3)nc3ccccc3c1C2(C)C.[Ir]. The maximum absolute atomic E-state index is 10.5. The van der Waals surface area contributed by atoms with Gasteiger partial charge in [0.1, 0.15) is 0 Å². The number of hydrogen-bond donors (Lipinski definition) is 0. The van der Waals surface area contributed by atoms with E-state index < -0.39 is 0 Å². The summed E-state index contributed by atoms with van der Waals surface area (Å²) < 4.78 is 0. The number of para-hydroxylation sites is 1. The summed E-state index contributed by atoms with van der Waals surface area (Å²) in [4.78, 5) is 15.9. The molecule has 0 amide bonds. The molecule has 1 heterocycles. The first-order valence-corrected chi connectivity index (χ1v) is 16.5. The first-order chi connectivity index (χ1) is 21.6. The maximum Gasteiger partial charge on any atom is 0.151 e. The number of carbonyl (C=O) groups is 1.